The summed E-state index contributed by atoms with van der Waals surface area (Å²) in [6.07, 6.45) is 1.19. The van der Waals surface area contributed by atoms with Crippen LogP contribution >= 0.6 is 0 Å². The predicted octanol–water partition coefficient (Wildman–Crippen LogP) is 1.67. The van der Waals surface area contributed by atoms with E-state index in [1.54, 1.807) is 6.07 Å². The van der Waals surface area contributed by atoms with E-state index >= 15 is 0 Å². The van der Waals surface area contributed by atoms with Gasteiger partial charge >= 0.3 is 0 Å². The molecule has 1 fully saturated rings. The van der Waals surface area contributed by atoms with E-state index < -0.39 is 0 Å². The number of halogens is 1. The molecular weight excluding hydrogens is 229 g/mol. The first-order chi connectivity index (χ1) is 8.61. The Bertz CT molecular complexity index is 408. The number of rotatable bonds is 4. The third-order valence-corrected chi connectivity index (χ3v) is 3.69. The molecule has 1 atom stereocenters. The highest BCUT2D eigenvalue weighted by molar-refractivity contribution is 5.54. The van der Waals surface area contributed by atoms with Crippen molar-refractivity contribution in [2.24, 2.45) is 11.7 Å². The monoisotopic (exact) mass is 251 g/mol. The number of likely N-dealkylation sites (tertiary alicyclic amines) is 1. The average molecular weight is 251 g/mol. The maximum absolute atomic E-state index is 13.9. The molecule has 0 radical (unpaired) electrons. The topological polar surface area (TPSA) is 32.5 Å². The van der Waals surface area contributed by atoms with Crippen LogP contribution < -0.4 is 10.6 Å². The zero-order valence-electron chi connectivity index (χ0n) is 11.2. The number of hydrogen-bond donors (Lipinski definition) is 1. The molecule has 0 aliphatic carbocycles. The molecule has 1 heterocycles. The van der Waals surface area contributed by atoms with Gasteiger partial charge in [-0.1, -0.05) is 12.1 Å². The SMILES string of the molecule is CN1CCC(CN(C)c2c(F)cccc2CN)C1. The number of para-hydroxylation sites is 1. The summed E-state index contributed by atoms with van der Waals surface area (Å²) in [5.74, 6) is 0.442. The van der Waals surface area contributed by atoms with Crippen LogP contribution in [-0.4, -0.2) is 38.6 Å². The molecule has 4 heteroatoms. The minimum absolute atomic E-state index is 0.174. The Hall–Kier alpha value is -1.13. The maximum Gasteiger partial charge on any atom is 0.146 e. The largest absolute Gasteiger partial charge is 0.372 e. The van der Waals surface area contributed by atoms with E-state index in [9.17, 15) is 4.39 Å². The Morgan fingerprint density at radius 2 is 2.28 bits per heavy atom. The van der Waals surface area contributed by atoms with Crippen molar-refractivity contribution >= 4 is 5.69 Å². The third-order valence-electron chi connectivity index (χ3n) is 3.69. The second-order valence-corrected chi connectivity index (χ2v) is 5.25. The molecule has 1 aliphatic rings. The predicted molar refractivity (Wildman–Crippen MR) is 73.2 cm³/mol. The molecule has 1 unspecified atom stereocenters. The Kier molecular flexibility index (Phi) is 4.19. The van der Waals surface area contributed by atoms with Crippen LogP contribution in [0.2, 0.25) is 0 Å². The molecule has 2 rings (SSSR count). The zero-order valence-corrected chi connectivity index (χ0v) is 11.2. The molecule has 0 amide bonds. The fourth-order valence-corrected chi connectivity index (χ4v) is 2.81. The van der Waals surface area contributed by atoms with Crippen molar-refractivity contribution in [3.63, 3.8) is 0 Å². The lowest BCUT2D eigenvalue weighted by Gasteiger charge is -2.25. The molecule has 3 nitrogen and oxygen atoms in total. The van der Waals surface area contributed by atoms with E-state index in [1.165, 1.54) is 12.5 Å². The van der Waals surface area contributed by atoms with Gasteiger partial charge in [-0.2, -0.15) is 0 Å². The van der Waals surface area contributed by atoms with Crippen molar-refractivity contribution in [2.75, 3.05) is 38.6 Å². The van der Waals surface area contributed by atoms with Crippen LogP contribution in [-0.2, 0) is 6.54 Å². The second-order valence-electron chi connectivity index (χ2n) is 5.25. The van der Waals surface area contributed by atoms with Gasteiger partial charge < -0.3 is 15.5 Å². The Labute approximate surface area is 108 Å². The summed E-state index contributed by atoms with van der Waals surface area (Å²) in [5, 5.41) is 0. The van der Waals surface area contributed by atoms with E-state index in [2.05, 4.69) is 11.9 Å². The number of hydrogen-bond acceptors (Lipinski definition) is 3. The summed E-state index contributed by atoms with van der Waals surface area (Å²) in [6, 6.07) is 5.12. The van der Waals surface area contributed by atoms with Gasteiger partial charge in [-0.3, -0.25) is 0 Å². The smallest absolute Gasteiger partial charge is 0.146 e. The number of nitrogens with zero attached hydrogens (tertiary/aromatic N) is 2. The van der Waals surface area contributed by atoms with Gasteiger partial charge in [0.25, 0.3) is 0 Å². The van der Waals surface area contributed by atoms with E-state index in [-0.39, 0.29) is 5.82 Å². The number of anilines is 1. The van der Waals surface area contributed by atoms with Gasteiger partial charge in [0.15, 0.2) is 0 Å². The van der Waals surface area contributed by atoms with Gasteiger partial charge in [0, 0.05) is 26.7 Å². The normalized spacial score (nSPS) is 20.3. The van der Waals surface area contributed by atoms with Crippen LogP contribution in [0.25, 0.3) is 0 Å². The molecule has 0 saturated carbocycles. The minimum Gasteiger partial charge on any atom is -0.372 e. The highest BCUT2D eigenvalue weighted by Crippen LogP contribution is 2.25. The van der Waals surface area contributed by atoms with Crippen LogP contribution in [0.3, 0.4) is 0 Å². The summed E-state index contributed by atoms with van der Waals surface area (Å²) in [5.41, 5.74) is 7.23. The molecule has 1 saturated heterocycles. The van der Waals surface area contributed by atoms with Crippen molar-refractivity contribution in [1.29, 1.82) is 0 Å². The quantitative estimate of drug-likeness (QED) is 0.883. The van der Waals surface area contributed by atoms with Crippen LogP contribution in [0.5, 0.6) is 0 Å². The van der Waals surface area contributed by atoms with Crippen molar-refractivity contribution in [3.05, 3.63) is 29.6 Å². The molecule has 0 spiro atoms. The first-order valence-corrected chi connectivity index (χ1v) is 6.49. The second kappa shape index (κ2) is 5.67. The molecule has 2 N–H and O–H groups in total. The summed E-state index contributed by atoms with van der Waals surface area (Å²) in [6.45, 7) is 3.50. The van der Waals surface area contributed by atoms with Gasteiger partial charge in [-0.15, -0.1) is 0 Å². The van der Waals surface area contributed by atoms with Gasteiger partial charge in [-0.05, 0) is 37.6 Å². The summed E-state index contributed by atoms with van der Waals surface area (Å²) < 4.78 is 13.9. The van der Waals surface area contributed by atoms with E-state index in [1.807, 2.05) is 18.0 Å². The Morgan fingerprint density at radius 3 is 2.89 bits per heavy atom. The van der Waals surface area contributed by atoms with Crippen LogP contribution in [0.1, 0.15) is 12.0 Å². The fraction of sp³-hybridized carbons (Fsp3) is 0.571. The van der Waals surface area contributed by atoms with Crippen molar-refractivity contribution < 1.29 is 4.39 Å². The van der Waals surface area contributed by atoms with Gasteiger partial charge in [0.2, 0.25) is 0 Å². The highest BCUT2D eigenvalue weighted by atomic mass is 19.1. The highest BCUT2D eigenvalue weighted by Gasteiger charge is 2.22. The van der Waals surface area contributed by atoms with Crippen molar-refractivity contribution in [1.82, 2.24) is 4.90 Å². The molecule has 1 aromatic rings. The summed E-state index contributed by atoms with van der Waals surface area (Å²) >= 11 is 0. The van der Waals surface area contributed by atoms with Gasteiger partial charge in [-0.25, -0.2) is 4.39 Å². The summed E-state index contributed by atoms with van der Waals surface area (Å²) in [7, 11) is 4.09. The maximum atomic E-state index is 13.9. The number of nitrogens with two attached hydrogens (primary N) is 1. The van der Waals surface area contributed by atoms with Crippen molar-refractivity contribution in [2.45, 2.75) is 13.0 Å². The zero-order chi connectivity index (χ0) is 13.1. The van der Waals surface area contributed by atoms with Crippen molar-refractivity contribution in [3.8, 4) is 0 Å². The fourth-order valence-electron chi connectivity index (χ4n) is 2.81. The number of benzene rings is 1. The lowest BCUT2D eigenvalue weighted by atomic mass is 10.1. The molecule has 1 aromatic carbocycles. The Morgan fingerprint density at radius 1 is 1.50 bits per heavy atom. The van der Waals surface area contributed by atoms with Crippen LogP contribution in [0.4, 0.5) is 10.1 Å². The van der Waals surface area contributed by atoms with Gasteiger partial charge in [0.1, 0.15) is 5.82 Å². The Balaban J connectivity index is 2.10. The van der Waals surface area contributed by atoms with Crippen LogP contribution in [0, 0.1) is 11.7 Å². The molecular formula is C14H22FN3. The standard InChI is InChI=1S/C14H22FN3/c1-17-7-6-11(9-17)10-18(2)14-12(8-16)4-3-5-13(14)15/h3-5,11H,6-10,16H2,1-2H3. The van der Waals surface area contributed by atoms with E-state index in [4.69, 9.17) is 5.73 Å². The van der Waals surface area contributed by atoms with E-state index in [0.29, 0.717) is 18.2 Å². The molecule has 1 aliphatic heterocycles. The summed E-state index contributed by atoms with van der Waals surface area (Å²) in [4.78, 5) is 4.34. The molecule has 18 heavy (non-hydrogen) atoms. The lowest BCUT2D eigenvalue weighted by Crippen LogP contribution is -2.29. The molecule has 0 bridgehead atoms. The first kappa shape index (κ1) is 13.3. The lowest BCUT2D eigenvalue weighted by molar-refractivity contribution is 0.395. The first-order valence-electron chi connectivity index (χ1n) is 6.49. The van der Waals surface area contributed by atoms with Crippen LogP contribution in [0.15, 0.2) is 18.2 Å². The molecule has 100 valence electrons. The average Bonchev–Trinajstić information content (AvgIpc) is 2.74. The van der Waals surface area contributed by atoms with Gasteiger partial charge in [0.05, 0.1) is 5.69 Å². The molecule has 0 aromatic heterocycles. The minimum atomic E-state index is -0.174. The van der Waals surface area contributed by atoms with E-state index in [0.717, 1.165) is 25.2 Å². The third kappa shape index (κ3) is 2.82.